The van der Waals surface area contributed by atoms with Crippen molar-refractivity contribution in [2.45, 2.75) is 50.7 Å². The summed E-state index contributed by atoms with van der Waals surface area (Å²) in [5, 5.41) is 2.86. The van der Waals surface area contributed by atoms with Crippen LogP contribution in [0.15, 0.2) is 53.4 Å². The van der Waals surface area contributed by atoms with Crippen molar-refractivity contribution in [1.82, 2.24) is 9.62 Å². The Balaban J connectivity index is 2.03. The van der Waals surface area contributed by atoms with Gasteiger partial charge in [0, 0.05) is 12.6 Å². The van der Waals surface area contributed by atoms with Crippen molar-refractivity contribution in [3.05, 3.63) is 65.2 Å². The number of fused-ring (bicyclic) bond motifs is 1. The Labute approximate surface area is 155 Å². The van der Waals surface area contributed by atoms with Gasteiger partial charge in [0.1, 0.15) is 6.04 Å². The minimum absolute atomic E-state index is 0.0522. The summed E-state index contributed by atoms with van der Waals surface area (Å²) in [5.74, 6) is -0.259. The Morgan fingerprint density at radius 3 is 2.31 bits per heavy atom. The first kappa shape index (κ1) is 18.6. The van der Waals surface area contributed by atoms with Gasteiger partial charge in [-0.15, -0.1) is 0 Å². The lowest BCUT2D eigenvalue weighted by Gasteiger charge is -2.35. The van der Waals surface area contributed by atoms with E-state index < -0.39 is 16.1 Å². The molecule has 0 saturated heterocycles. The summed E-state index contributed by atoms with van der Waals surface area (Å²) < 4.78 is 27.8. The molecule has 0 aliphatic carbocycles. The van der Waals surface area contributed by atoms with Crippen LogP contribution in [0.25, 0.3) is 0 Å². The molecule has 138 valence electrons. The molecule has 6 heteroatoms. The highest BCUT2D eigenvalue weighted by Crippen LogP contribution is 2.29. The van der Waals surface area contributed by atoms with Gasteiger partial charge in [0.15, 0.2) is 0 Å². The first-order valence-corrected chi connectivity index (χ1v) is 10.2. The second kappa shape index (κ2) is 7.21. The molecule has 26 heavy (non-hydrogen) atoms. The van der Waals surface area contributed by atoms with Crippen molar-refractivity contribution in [1.29, 1.82) is 0 Å². The van der Waals surface area contributed by atoms with Crippen LogP contribution in [0.5, 0.6) is 0 Å². The van der Waals surface area contributed by atoms with E-state index in [1.807, 2.05) is 45.0 Å². The van der Waals surface area contributed by atoms with Crippen LogP contribution in [-0.2, 0) is 27.8 Å². The average molecular weight is 372 g/mol. The summed E-state index contributed by atoms with van der Waals surface area (Å²) in [6, 6.07) is 13.6. The van der Waals surface area contributed by atoms with Gasteiger partial charge in [-0.2, -0.15) is 4.31 Å². The van der Waals surface area contributed by atoms with Gasteiger partial charge in [0.05, 0.1) is 4.90 Å². The molecule has 0 radical (unpaired) electrons. The number of nitrogens with one attached hydrogen (secondary N) is 1. The van der Waals surface area contributed by atoms with Gasteiger partial charge in [-0.1, -0.05) is 42.0 Å². The molecule has 0 spiro atoms. The van der Waals surface area contributed by atoms with E-state index in [-0.39, 0.29) is 23.4 Å². The lowest BCUT2D eigenvalue weighted by molar-refractivity contribution is -0.125. The molecule has 0 fully saturated rings. The predicted molar refractivity (Wildman–Crippen MR) is 101 cm³/mol. The molecule has 1 amide bonds. The summed E-state index contributed by atoms with van der Waals surface area (Å²) in [6.07, 6.45) is 0.375. The maximum atomic E-state index is 13.3. The number of aryl methyl sites for hydroxylation is 1. The first-order chi connectivity index (χ1) is 12.3. The Hall–Kier alpha value is -2.18. The molecule has 0 bridgehead atoms. The van der Waals surface area contributed by atoms with Crippen LogP contribution in [0.4, 0.5) is 0 Å². The highest BCUT2D eigenvalue weighted by molar-refractivity contribution is 7.89. The fraction of sp³-hybridized carbons (Fsp3) is 0.350. The molecule has 1 atom stereocenters. The van der Waals surface area contributed by atoms with E-state index in [0.29, 0.717) is 6.42 Å². The van der Waals surface area contributed by atoms with Crippen LogP contribution in [0.1, 0.15) is 30.5 Å². The molecule has 1 heterocycles. The van der Waals surface area contributed by atoms with E-state index in [0.717, 1.165) is 16.7 Å². The Morgan fingerprint density at radius 1 is 1.08 bits per heavy atom. The molecular weight excluding hydrogens is 348 g/mol. The number of hydrogen-bond donors (Lipinski definition) is 1. The van der Waals surface area contributed by atoms with Crippen LogP contribution < -0.4 is 5.32 Å². The molecule has 0 aromatic heterocycles. The summed E-state index contributed by atoms with van der Waals surface area (Å²) in [7, 11) is -3.78. The number of rotatable bonds is 4. The Bertz CT molecular complexity index is 905. The number of carbonyl (C=O) groups excluding carboxylic acids is 1. The number of hydrogen-bond acceptors (Lipinski definition) is 3. The van der Waals surface area contributed by atoms with Crippen LogP contribution >= 0.6 is 0 Å². The van der Waals surface area contributed by atoms with E-state index >= 15 is 0 Å². The van der Waals surface area contributed by atoms with E-state index in [1.54, 1.807) is 24.3 Å². The number of sulfonamides is 1. The summed E-state index contributed by atoms with van der Waals surface area (Å²) in [4.78, 5) is 13.0. The van der Waals surface area contributed by atoms with E-state index in [9.17, 15) is 13.2 Å². The van der Waals surface area contributed by atoms with E-state index in [1.165, 1.54) is 4.31 Å². The molecule has 1 aliphatic heterocycles. The van der Waals surface area contributed by atoms with Crippen molar-refractivity contribution in [3.63, 3.8) is 0 Å². The molecule has 0 unspecified atom stereocenters. The second-order valence-electron chi connectivity index (χ2n) is 7.02. The van der Waals surface area contributed by atoms with Gasteiger partial charge in [0.2, 0.25) is 15.9 Å². The zero-order chi connectivity index (χ0) is 18.9. The number of nitrogens with zero attached hydrogens (tertiary/aromatic N) is 1. The van der Waals surface area contributed by atoms with Gasteiger partial charge < -0.3 is 5.32 Å². The maximum absolute atomic E-state index is 13.3. The van der Waals surface area contributed by atoms with Crippen molar-refractivity contribution in [2.75, 3.05) is 0 Å². The minimum Gasteiger partial charge on any atom is -0.353 e. The zero-order valence-electron chi connectivity index (χ0n) is 15.3. The zero-order valence-corrected chi connectivity index (χ0v) is 16.1. The fourth-order valence-corrected chi connectivity index (χ4v) is 4.77. The van der Waals surface area contributed by atoms with Gasteiger partial charge in [-0.3, -0.25) is 4.79 Å². The SMILES string of the molecule is Cc1ccc(S(=O)(=O)N2Cc3ccccc3C[C@H]2C(=O)NC(C)C)cc1. The van der Waals surface area contributed by atoms with E-state index in [4.69, 9.17) is 0 Å². The number of carbonyl (C=O) groups is 1. The third-order valence-corrected chi connectivity index (χ3v) is 6.44. The van der Waals surface area contributed by atoms with Crippen LogP contribution in [0.3, 0.4) is 0 Å². The molecule has 0 saturated carbocycles. The van der Waals surface area contributed by atoms with Gasteiger partial charge in [0.25, 0.3) is 0 Å². The largest absolute Gasteiger partial charge is 0.353 e. The highest BCUT2D eigenvalue weighted by atomic mass is 32.2. The topological polar surface area (TPSA) is 66.5 Å². The molecule has 5 nitrogen and oxygen atoms in total. The van der Waals surface area contributed by atoms with Gasteiger partial charge in [-0.25, -0.2) is 8.42 Å². The molecule has 2 aromatic carbocycles. The summed E-state index contributed by atoms with van der Waals surface area (Å²) >= 11 is 0. The fourth-order valence-electron chi connectivity index (χ4n) is 3.20. The van der Waals surface area contributed by atoms with Crippen molar-refractivity contribution >= 4 is 15.9 Å². The number of amides is 1. The third-order valence-electron chi connectivity index (χ3n) is 4.57. The first-order valence-electron chi connectivity index (χ1n) is 8.74. The lowest BCUT2D eigenvalue weighted by Crippen LogP contribution is -2.53. The van der Waals surface area contributed by atoms with Crippen molar-refractivity contribution < 1.29 is 13.2 Å². The van der Waals surface area contributed by atoms with E-state index in [2.05, 4.69) is 5.32 Å². The standard InChI is InChI=1S/C20H24N2O3S/c1-14(2)21-20(23)19-12-16-6-4-5-7-17(16)13-22(19)26(24,25)18-10-8-15(3)9-11-18/h4-11,14,19H,12-13H2,1-3H3,(H,21,23)/t19-/m0/s1. The molecule has 3 rings (SSSR count). The molecule has 1 N–H and O–H groups in total. The number of benzene rings is 2. The summed E-state index contributed by atoms with van der Waals surface area (Å²) in [6.45, 7) is 5.84. The quantitative estimate of drug-likeness (QED) is 0.897. The molecule has 2 aromatic rings. The normalized spacial score (nSPS) is 17.8. The monoisotopic (exact) mass is 372 g/mol. The Morgan fingerprint density at radius 2 is 1.69 bits per heavy atom. The van der Waals surface area contributed by atoms with Gasteiger partial charge in [-0.05, 0) is 50.5 Å². The van der Waals surface area contributed by atoms with Gasteiger partial charge >= 0.3 is 0 Å². The van der Waals surface area contributed by atoms with Crippen LogP contribution in [0.2, 0.25) is 0 Å². The smallest absolute Gasteiger partial charge is 0.244 e. The molecular formula is C20H24N2O3S. The third kappa shape index (κ3) is 3.66. The predicted octanol–water partition coefficient (Wildman–Crippen LogP) is 2.64. The Kier molecular flexibility index (Phi) is 5.16. The van der Waals surface area contributed by atoms with Crippen LogP contribution in [-0.4, -0.2) is 30.7 Å². The molecule has 1 aliphatic rings. The maximum Gasteiger partial charge on any atom is 0.244 e. The second-order valence-corrected chi connectivity index (χ2v) is 8.91. The van der Waals surface area contributed by atoms with Crippen molar-refractivity contribution in [3.8, 4) is 0 Å². The minimum atomic E-state index is -3.78. The summed E-state index contributed by atoms with van der Waals surface area (Å²) in [5.41, 5.74) is 2.95. The average Bonchev–Trinajstić information content (AvgIpc) is 2.60. The van der Waals surface area contributed by atoms with Crippen molar-refractivity contribution in [2.24, 2.45) is 0 Å². The van der Waals surface area contributed by atoms with Crippen LogP contribution in [0, 0.1) is 6.92 Å². The highest BCUT2D eigenvalue weighted by Gasteiger charge is 2.39. The lowest BCUT2D eigenvalue weighted by atomic mass is 9.95.